The molecule has 1 aromatic heterocycles. The summed E-state index contributed by atoms with van der Waals surface area (Å²) in [4.78, 5) is 6.41. The maximum atomic E-state index is 5.50. The Morgan fingerprint density at radius 2 is 2.38 bits per heavy atom. The monoisotopic (exact) mass is 182 g/mol. The van der Waals surface area contributed by atoms with E-state index in [2.05, 4.69) is 16.8 Å². The van der Waals surface area contributed by atoms with Crippen LogP contribution in [0.4, 0.5) is 5.95 Å². The normalized spacial score (nSPS) is 12.9. The number of imidazole rings is 1. The molecule has 1 aromatic rings. The third-order valence-corrected chi connectivity index (χ3v) is 2.36. The fourth-order valence-corrected chi connectivity index (χ4v) is 1.33. The van der Waals surface area contributed by atoms with Gasteiger partial charge in [-0.15, -0.1) is 0 Å². The van der Waals surface area contributed by atoms with Gasteiger partial charge < -0.3 is 15.2 Å². The van der Waals surface area contributed by atoms with Gasteiger partial charge >= 0.3 is 0 Å². The number of nitrogens with zero attached hydrogens (tertiary/aromatic N) is 3. The Hall–Kier alpha value is -1.03. The molecule has 0 fully saturated rings. The van der Waals surface area contributed by atoms with Crippen molar-refractivity contribution < 1.29 is 0 Å². The van der Waals surface area contributed by atoms with Gasteiger partial charge in [-0.05, 0) is 19.9 Å². The summed E-state index contributed by atoms with van der Waals surface area (Å²) in [5.74, 6) is 0.987. The highest BCUT2D eigenvalue weighted by Crippen LogP contribution is 2.12. The first-order valence-corrected chi connectivity index (χ1v) is 4.57. The summed E-state index contributed by atoms with van der Waals surface area (Å²) in [6.45, 7) is 2.87. The molecule has 0 saturated heterocycles. The first kappa shape index (κ1) is 10.1. The highest BCUT2D eigenvalue weighted by atomic mass is 15.3. The second-order valence-electron chi connectivity index (χ2n) is 3.38. The molecule has 0 aliphatic heterocycles. The molecule has 0 saturated carbocycles. The molecule has 1 heterocycles. The van der Waals surface area contributed by atoms with Crippen LogP contribution in [0.5, 0.6) is 0 Å². The van der Waals surface area contributed by atoms with Crippen molar-refractivity contribution in [2.75, 3.05) is 18.5 Å². The number of hydrogen-bond donors (Lipinski definition) is 1. The van der Waals surface area contributed by atoms with Crippen molar-refractivity contribution >= 4 is 5.95 Å². The fraction of sp³-hybridized carbons (Fsp3) is 0.667. The number of hydrogen-bond acceptors (Lipinski definition) is 3. The van der Waals surface area contributed by atoms with Crippen molar-refractivity contribution in [3.63, 3.8) is 0 Å². The summed E-state index contributed by atoms with van der Waals surface area (Å²) in [6, 6.07) is 0.436. The summed E-state index contributed by atoms with van der Waals surface area (Å²) in [5, 5.41) is 0. The third kappa shape index (κ3) is 2.21. The highest BCUT2D eigenvalue weighted by molar-refractivity contribution is 5.30. The van der Waals surface area contributed by atoms with E-state index in [4.69, 9.17) is 5.73 Å². The molecule has 0 bridgehead atoms. The quantitative estimate of drug-likeness (QED) is 0.741. The van der Waals surface area contributed by atoms with E-state index in [1.807, 2.05) is 24.9 Å². The van der Waals surface area contributed by atoms with E-state index in [1.165, 1.54) is 0 Å². The average Bonchev–Trinajstić information content (AvgIpc) is 2.50. The molecule has 0 radical (unpaired) electrons. The predicted octanol–water partition coefficient (Wildman–Crippen LogP) is 0.594. The molecule has 1 unspecified atom stereocenters. The van der Waals surface area contributed by atoms with Crippen LogP contribution in [0.15, 0.2) is 12.4 Å². The lowest BCUT2D eigenvalue weighted by molar-refractivity contribution is 0.614. The number of aryl methyl sites for hydroxylation is 1. The predicted molar refractivity (Wildman–Crippen MR) is 54.7 cm³/mol. The summed E-state index contributed by atoms with van der Waals surface area (Å²) >= 11 is 0. The molecule has 1 rings (SSSR count). The molecule has 0 aromatic carbocycles. The SMILES string of the molecule is CC(CCN)N(C)c1nccn1C. The molecule has 0 spiro atoms. The Morgan fingerprint density at radius 3 is 2.85 bits per heavy atom. The Labute approximate surface area is 79.4 Å². The molecule has 4 heteroatoms. The van der Waals surface area contributed by atoms with E-state index in [9.17, 15) is 0 Å². The van der Waals surface area contributed by atoms with Gasteiger partial charge in [0, 0.05) is 32.5 Å². The molecule has 0 aliphatic rings. The summed E-state index contributed by atoms with van der Waals surface area (Å²) in [7, 11) is 4.04. The van der Waals surface area contributed by atoms with Crippen molar-refractivity contribution in [2.24, 2.45) is 12.8 Å². The van der Waals surface area contributed by atoms with Crippen molar-refractivity contribution in [3.05, 3.63) is 12.4 Å². The van der Waals surface area contributed by atoms with Crippen molar-refractivity contribution in [3.8, 4) is 0 Å². The number of aromatic nitrogens is 2. The fourth-order valence-electron chi connectivity index (χ4n) is 1.33. The Kier molecular flexibility index (Phi) is 3.31. The Bertz CT molecular complexity index is 256. The second kappa shape index (κ2) is 4.28. The topological polar surface area (TPSA) is 47.1 Å². The van der Waals surface area contributed by atoms with E-state index in [0.29, 0.717) is 6.04 Å². The van der Waals surface area contributed by atoms with Gasteiger partial charge in [-0.2, -0.15) is 0 Å². The van der Waals surface area contributed by atoms with Crippen LogP contribution in [0.2, 0.25) is 0 Å². The zero-order chi connectivity index (χ0) is 9.84. The van der Waals surface area contributed by atoms with Crippen LogP contribution < -0.4 is 10.6 Å². The summed E-state index contributed by atoms with van der Waals surface area (Å²) < 4.78 is 2.01. The highest BCUT2D eigenvalue weighted by Gasteiger charge is 2.12. The minimum Gasteiger partial charge on any atom is -0.343 e. The first-order valence-electron chi connectivity index (χ1n) is 4.57. The van der Waals surface area contributed by atoms with Crippen LogP contribution in [-0.4, -0.2) is 29.2 Å². The van der Waals surface area contributed by atoms with E-state index >= 15 is 0 Å². The average molecular weight is 182 g/mol. The van der Waals surface area contributed by atoms with Gasteiger partial charge in [-0.1, -0.05) is 0 Å². The van der Waals surface area contributed by atoms with E-state index < -0.39 is 0 Å². The minimum atomic E-state index is 0.436. The lowest BCUT2D eigenvalue weighted by Crippen LogP contribution is -2.32. The lowest BCUT2D eigenvalue weighted by Gasteiger charge is -2.25. The van der Waals surface area contributed by atoms with Gasteiger partial charge in [0.1, 0.15) is 0 Å². The van der Waals surface area contributed by atoms with Crippen LogP contribution in [0.3, 0.4) is 0 Å². The van der Waals surface area contributed by atoms with Gasteiger partial charge in [0.2, 0.25) is 5.95 Å². The lowest BCUT2D eigenvalue weighted by atomic mass is 10.2. The van der Waals surface area contributed by atoms with Gasteiger partial charge in [0.15, 0.2) is 0 Å². The zero-order valence-electron chi connectivity index (χ0n) is 8.57. The largest absolute Gasteiger partial charge is 0.343 e. The molecule has 0 aliphatic carbocycles. The molecule has 2 N–H and O–H groups in total. The first-order chi connectivity index (χ1) is 6.16. The van der Waals surface area contributed by atoms with E-state index in [1.54, 1.807) is 6.20 Å². The van der Waals surface area contributed by atoms with E-state index in [-0.39, 0.29) is 0 Å². The van der Waals surface area contributed by atoms with Gasteiger partial charge in [0.05, 0.1) is 0 Å². The second-order valence-corrected chi connectivity index (χ2v) is 3.38. The van der Waals surface area contributed by atoms with Crippen LogP contribution in [0, 0.1) is 0 Å². The summed E-state index contributed by atoms with van der Waals surface area (Å²) in [5.41, 5.74) is 5.50. The van der Waals surface area contributed by atoms with Crippen molar-refractivity contribution in [1.82, 2.24) is 9.55 Å². The van der Waals surface area contributed by atoms with Gasteiger partial charge in [-0.3, -0.25) is 0 Å². The molecule has 1 atom stereocenters. The Balaban J connectivity index is 2.67. The van der Waals surface area contributed by atoms with E-state index in [0.717, 1.165) is 18.9 Å². The molecular weight excluding hydrogens is 164 g/mol. The number of anilines is 1. The Morgan fingerprint density at radius 1 is 1.69 bits per heavy atom. The summed E-state index contributed by atoms with van der Waals surface area (Å²) in [6.07, 6.45) is 4.74. The molecule has 74 valence electrons. The van der Waals surface area contributed by atoms with Crippen LogP contribution in [0.1, 0.15) is 13.3 Å². The number of rotatable bonds is 4. The molecule has 0 amide bonds. The molecule has 4 nitrogen and oxygen atoms in total. The van der Waals surface area contributed by atoms with Crippen molar-refractivity contribution in [1.29, 1.82) is 0 Å². The maximum absolute atomic E-state index is 5.50. The minimum absolute atomic E-state index is 0.436. The van der Waals surface area contributed by atoms with Gasteiger partial charge in [0.25, 0.3) is 0 Å². The van der Waals surface area contributed by atoms with Crippen LogP contribution in [-0.2, 0) is 7.05 Å². The molecule has 13 heavy (non-hydrogen) atoms. The van der Waals surface area contributed by atoms with Crippen molar-refractivity contribution in [2.45, 2.75) is 19.4 Å². The van der Waals surface area contributed by atoms with Crippen LogP contribution >= 0.6 is 0 Å². The maximum Gasteiger partial charge on any atom is 0.205 e. The van der Waals surface area contributed by atoms with Crippen LogP contribution in [0.25, 0.3) is 0 Å². The smallest absolute Gasteiger partial charge is 0.205 e. The number of nitrogens with two attached hydrogens (primary N) is 1. The standard InChI is InChI=1S/C9H18N4/c1-8(4-5-10)13(3)9-11-6-7-12(9)2/h6-8H,4-5,10H2,1-3H3. The zero-order valence-corrected chi connectivity index (χ0v) is 8.57. The van der Waals surface area contributed by atoms with Gasteiger partial charge in [-0.25, -0.2) is 4.98 Å². The third-order valence-electron chi connectivity index (χ3n) is 2.36. The molecular formula is C9H18N4.